The van der Waals surface area contributed by atoms with Crippen LogP contribution in [0.3, 0.4) is 0 Å². The van der Waals surface area contributed by atoms with Crippen LogP contribution in [-0.2, 0) is 14.3 Å². The van der Waals surface area contributed by atoms with Gasteiger partial charge in [0, 0.05) is 0 Å². The zero-order valence-corrected chi connectivity index (χ0v) is 8.03. The highest BCUT2D eigenvalue weighted by Gasteiger charge is 2.31. The van der Waals surface area contributed by atoms with Crippen molar-refractivity contribution < 1.29 is 14.3 Å². The highest BCUT2D eigenvalue weighted by atomic mass is 32.1. The van der Waals surface area contributed by atoms with E-state index in [0.29, 0.717) is 16.2 Å². The van der Waals surface area contributed by atoms with Gasteiger partial charge < -0.3 is 9.47 Å². The van der Waals surface area contributed by atoms with E-state index in [2.05, 4.69) is 4.74 Å². The van der Waals surface area contributed by atoms with Gasteiger partial charge in [0.1, 0.15) is 17.4 Å². The molecule has 1 rings (SSSR count). The molecule has 0 radical (unpaired) electrons. The normalized spacial score (nSPS) is 22.6. The number of esters is 1. The van der Waals surface area contributed by atoms with Crippen LogP contribution in [0.25, 0.3) is 0 Å². The highest BCUT2D eigenvalue weighted by Crippen LogP contribution is 2.23. The monoisotopic (exact) mass is 186 g/mol. The number of carbonyl (C=O) groups excluding carboxylic acids is 1. The van der Waals surface area contributed by atoms with Crippen molar-refractivity contribution in [1.82, 2.24) is 0 Å². The fourth-order valence-corrected chi connectivity index (χ4v) is 1.38. The summed E-state index contributed by atoms with van der Waals surface area (Å²) < 4.78 is 9.81. The molecule has 0 saturated heterocycles. The first-order valence-corrected chi connectivity index (χ1v) is 3.98. The van der Waals surface area contributed by atoms with E-state index in [4.69, 9.17) is 17.0 Å². The van der Waals surface area contributed by atoms with E-state index in [1.165, 1.54) is 7.11 Å². The summed E-state index contributed by atoms with van der Waals surface area (Å²) in [6.45, 7) is 3.52. The molecule has 1 heterocycles. The maximum absolute atomic E-state index is 11.1. The predicted octanol–water partition coefficient (Wildman–Crippen LogP) is 1.22. The second-order valence-corrected chi connectivity index (χ2v) is 2.99. The molecule has 0 bridgehead atoms. The molecule has 12 heavy (non-hydrogen) atoms. The molecule has 66 valence electrons. The van der Waals surface area contributed by atoms with E-state index in [1.54, 1.807) is 6.92 Å². The number of ether oxygens (including phenoxy) is 2. The summed E-state index contributed by atoms with van der Waals surface area (Å²) in [4.78, 5) is 11.7. The third kappa shape index (κ3) is 1.34. The van der Waals surface area contributed by atoms with E-state index >= 15 is 0 Å². The van der Waals surface area contributed by atoms with Crippen LogP contribution in [0.2, 0.25) is 0 Å². The Hall–Kier alpha value is -0.900. The van der Waals surface area contributed by atoms with Crippen LogP contribution in [0, 0.1) is 0 Å². The fraction of sp³-hybridized carbons (Fsp3) is 0.500. The maximum Gasteiger partial charge on any atom is 0.342 e. The van der Waals surface area contributed by atoms with Crippen LogP contribution < -0.4 is 0 Å². The maximum atomic E-state index is 11.1. The van der Waals surface area contributed by atoms with Crippen molar-refractivity contribution in [1.29, 1.82) is 0 Å². The second-order valence-electron chi connectivity index (χ2n) is 2.55. The van der Waals surface area contributed by atoms with Crippen LogP contribution in [0.4, 0.5) is 0 Å². The number of allylic oxidation sites excluding steroid dienone is 1. The van der Waals surface area contributed by atoms with Crippen LogP contribution in [0.5, 0.6) is 0 Å². The molecule has 3 nitrogen and oxygen atoms in total. The van der Waals surface area contributed by atoms with Gasteiger partial charge in [-0.3, -0.25) is 0 Å². The van der Waals surface area contributed by atoms with Crippen molar-refractivity contribution in [2.45, 2.75) is 20.0 Å². The Labute approximate surface area is 76.3 Å². The van der Waals surface area contributed by atoms with Crippen molar-refractivity contribution >= 4 is 23.1 Å². The molecule has 0 saturated carbocycles. The van der Waals surface area contributed by atoms with Crippen molar-refractivity contribution in [3.63, 3.8) is 0 Å². The van der Waals surface area contributed by atoms with E-state index < -0.39 is 5.97 Å². The van der Waals surface area contributed by atoms with Gasteiger partial charge in [-0.25, -0.2) is 4.79 Å². The van der Waals surface area contributed by atoms with Crippen LogP contribution in [0.1, 0.15) is 13.8 Å². The van der Waals surface area contributed by atoms with Crippen LogP contribution >= 0.6 is 12.2 Å². The number of hydrogen-bond acceptors (Lipinski definition) is 4. The molecule has 0 fully saturated rings. The molecular formula is C8H10O3S. The molecule has 1 aliphatic heterocycles. The molecule has 4 heteroatoms. The number of methoxy groups -OCH3 is 1. The third-order valence-electron chi connectivity index (χ3n) is 1.71. The van der Waals surface area contributed by atoms with Crippen molar-refractivity contribution in [3.05, 3.63) is 11.3 Å². The average molecular weight is 186 g/mol. The minimum absolute atomic E-state index is 0.186. The summed E-state index contributed by atoms with van der Waals surface area (Å²) in [6, 6.07) is 0. The molecule has 0 N–H and O–H groups in total. The minimum atomic E-state index is -0.415. The first-order valence-electron chi connectivity index (χ1n) is 3.58. The van der Waals surface area contributed by atoms with Gasteiger partial charge in [-0.15, -0.1) is 0 Å². The quantitative estimate of drug-likeness (QED) is 0.455. The number of rotatable bonds is 1. The lowest BCUT2D eigenvalue weighted by molar-refractivity contribution is -0.135. The summed E-state index contributed by atoms with van der Waals surface area (Å²) in [7, 11) is 1.33. The Morgan fingerprint density at radius 2 is 2.25 bits per heavy atom. The first-order chi connectivity index (χ1) is 5.57. The lowest BCUT2D eigenvalue weighted by atomic mass is 10.1. The molecule has 0 spiro atoms. The van der Waals surface area contributed by atoms with Gasteiger partial charge >= 0.3 is 5.97 Å². The first kappa shape index (κ1) is 9.19. The number of carbonyl (C=O) groups is 1. The van der Waals surface area contributed by atoms with Crippen molar-refractivity contribution in [2.75, 3.05) is 7.11 Å². The molecule has 1 atom stereocenters. The summed E-state index contributed by atoms with van der Waals surface area (Å²) >= 11 is 5.00. The number of hydrogen-bond donors (Lipinski definition) is 0. The Morgan fingerprint density at radius 3 is 2.58 bits per heavy atom. The Bertz CT molecular complexity index is 267. The van der Waals surface area contributed by atoms with Gasteiger partial charge in [-0.05, 0) is 13.8 Å². The summed E-state index contributed by atoms with van der Waals surface area (Å²) in [6.07, 6.45) is -0.186. The van der Waals surface area contributed by atoms with Gasteiger partial charge in [0.05, 0.1) is 12.0 Å². The molecule has 0 aromatic rings. The summed E-state index contributed by atoms with van der Waals surface area (Å²) in [5.41, 5.74) is 0.403. The molecule has 0 aromatic heterocycles. The standard InChI is InChI=1S/C8H10O3S/c1-4-6(8(9)10-3)7(12)5(2)11-4/h5H,1-3H3. The smallest absolute Gasteiger partial charge is 0.342 e. The van der Waals surface area contributed by atoms with Gasteiger partial charge in [0.15, 0.2) is 0 Å². The van der Waals surface area contributed by atoms with E-state index in [0.717, 1.165) is 0 Å². The average Bonchev–Trinajstić information content (AvgIpc) is 2.26. The zero-order chi connectivity index (χ0) is 9.30. The topological polar surface area (TPSA) is 35.5 Å². The molecule has 0 aromatic carbocycles. The predicted molar refractivity (Wildman–Crippen MR) is 47.9 cm³/mol. The second kappa shape index (κ2) is 3.23. The molecule has 0 aliphatic carbocycles. The van der Waals surface area contributed by atoms with Crippen LogP contribution in [0.15, 0.2) is 11.3 Å². The SMILES string of the molecule is COC(=O)C1=C(C)OC(C)C1=S. The van der Waals surface area contributed by atoms with Crippen molar-refractivity contribution in [3.8, 4) is 0 Å². The van der Waals surface area contributed by atoms with Gasteiger partial charge in [0.25, 0.3) is 0 Å². The molecule has 1 aliphatic rings. The van der Waals surface area contributed by atoms with Gasteiger partial charge in [0.2, 0.25) is 0 Å². The minimum Gasteiger partial charge on any atom is -0.489 e. The van der Waals surface area contributed by atoms with Crippen molar-refractivity contribution in [2.24, 2.45) is 0 Å². The summed E-state index contributed by atoms with van der Waals surface area (Å²) in [5.74, 6) is 0.140. The van der Waals surface area contributed by atoms with Crippen LogP contribution in [-0.4, -0.2) is 24.0 Å². The molecule has 0 amide bonds. The van der Waals surface area contributed by atoms with E-state index in [-0.39, 0.29) is 6.10 Å². The Kier molecular flexibility index (Phi) is 2.47. The van der Waals surface area contributed by atoms with E-state index in [9.17, 15) is 4.79 Å². The van der Waals surface area contributed by atoms with Gasteiger partial charge in [-0.1, -0.05) is 12.2 Å². The summed E-state index contributed by atoms with van der Waals surface area (Å²) in [5, 5.41) is 0. The lowest BCUT2D eigenvalue weighted by Crippen LogP contribution is -2.16. The van der Waals surface area contributed by atoms with Gasteiger partial charge in [-0.2, -0.15) is 0 Å². The fourth-order valence-electron chi connectivity index (χ4n) is 1.10. The lowest BCUT2D eigenvalue weighted by Gasteiger charge is -2.02. The zero-order valence-electron chi connectivity index (χ0n) is 7.21. The molecular weight excluding hydrogens is 176 g/mol. The largest absolute Gasteiger partial charge is 0.489 e. The Balaban J connectivity index is 2.95. The third-order valence-corrected chi connectivity index (χ3v) is 2.25. The van der Waals surface area contributed by atoms with E-state index in [1.807, 2.05) is 6.92 Å². The highest BCUT2D eigenvalue weighted by molar-refractivity contribution is 7.81. The number of thiocarbonyl (C=S) groups is 1. The molecule has 1 unspecified atom stereocenters. The Morgan fingerprint density at radius 1 is 1.67 bits per heavy atom.